The van der Waals surface area contributed by atoms with Crippen molar-refractivity contribution in [2.24, 2.45) is 5.10 Å². The highest BCUT2D eigenvalue weighted by atomic mass is 19.1. The van der Waals surface area contributed by atoms with E-state index >= 15 is 0 Å². The quantitative estimate of drug-likeness (QED) is 0.538. The van der Waals surface area contributed by atoms with Crippen molar-refractivity contribution in [3.8, 4) is 5.75 Å². The molecular weight excluding hydrogens is 342 g/mol. The third kappa shape index (κ3) is 4.54. The van der Waals surface area contributed by atoms with Crippen molar-refractivity contribution in [3.63, 3.8) is 0 Å². The summed E-state index contributed by atoms with van der Waals surface area (Å²) in [5, 5.41) is 3.63. The summed E-state index contributed by atoms with van der Waals surface area (Å²) < 4.78 is 37.2. The molecule has 0 aliphatic rings. The van der Waals surface area contributed by atoms with E-state index in [0.717, 1.165) is 18.3 Å². The molecule has 5 nitrogen and oxygen atoms in total. The van der Waals surface area contributed by atoms with E-state index in [0.29, 0.717) is 11.5 Å². The Bertz CT molecular complexity index is 924. The summed E-state index contributed by atoms with van der Waals surface area (Å²) in [5.74, 6) is -0.887. The van der Waals surface area contributed by atoms with Crippen molar-refractivity contribution in [3.05, 3.63) is 89.4 Å². The first-order valence-corrected chi connectivity index (χ1v) is 7.67. The first-order valence-electron chi connectivity index (χ1n) is 7.67. The van der Waals surface area contributed by atoms with E-state index in [1.165, 1.54) is 12.1 Å². The predicted octanol–water partition coefficient (Wildman–Crippen LogP) is 3.90. The molecule has 0 saturated heterocycles. The van der Waals surface area contributed by atoms with Crippen LogP contribution >= 0.6 is 0 Å². The number of carbonyl (C=O) groups excluding carboxylic acids is 1. The lowest BCUT2D eigenvalue weighted by atomic mass is 10.2. The standard InChI is InChI=1S/C19H14F2N2O3/c20-14-7-6-13(17(21)10-14)11-22-23-19(24)18-9-8-16(26-18)12-25-15-4-2-1-3-5-15/h1-11H,12H2,(H,23,24)/b22-11-. The number of amides is 1. The van der Waals surface area contributed by atoms with Crippen molar-refractivity contribution < 1.29 is 22.7 Å². The van der Waals surface area contributed by atoms with Crippen LogP contribution in [0.15, 0.2) is 70.2 Å². The van der Waals surface area contributed by atoms with Gasteiger partial charge in [0.15, 0.2) is 5.76 Å². The van der Waals surface area contributed by atoms with E-state index in [2.05, 4.69) is 10.5 Å². The molecule has 1 heterocycles. The number of hydrazone groups is 1. The van der Waals surface area contributed by atoms with Gasteiger partial charge >= 0.3 is 5.91 Å². The predicted molar refractivity (Wildman–Crippen MR) is 90.9 cm³/mol. The van der Waals surface area contributed by atoms with Gasteiger partial charge < -0.3 is 9.15 Å². The van der Waals surface area contributed by atoms with Gasteiger partial charge in [0, 0.05) is 11.6 Å². The zero-order valence-corrected chi connectivity index (χ0v) is 13.5. The lowest BCUT2D eigenvalue weighted by Crippen LogP contribution is -2.17. The molecule has 3 rings (SSSR count). The number of nitrogens with one attached hydrogen (secondary N) is 1. The monoisotopic (exact) mass is 356 g/mol. The molecule has 0 bridgehead atoms. The highest BCUT2D eigenvalue weighted by Gasteiger charge is 2.11. The highest BCUT2D eigenvalue weighted by molar-refractivity contribution is 5.92. The number of nitrogens with zero attached hydrogens (tertiary/aromatic N) is 1. The molecule has 26 heavy (non-hydrogen) atoms. The van der Waals surface area contributed by atoms with Crippen LogP contribution in [-0.2, 0) is 6.61 Å². The molecule has 0 radical (unpaired) electrons. The SMILES string of the molecule is O=C(N/N=C\c1ccc(F)cc1F)c1ccc(COc2ccccc2)o1. The lowest BCUT2D eigenvalue weighted by Gasteiger charge is -2.03. The van der Waals surface area contributed by atoms with Crippen LogP contribution in [0.4, 0.5) is 8.78 Å². The molecule has 0 aliphatic carbocycles. The maximum Gasteiger partial charge on any atom is 0.307 e. The number of hydrogen-bond acceptors (Lipinski definition) is 4. The van der Waals surface area contributed by atoms with Crippen LogP contribution < -0.4 is 10.2 Å². The Balaban J connectivity index is 1.55. The average molecular weight is 356 g/mol. The van der Waals surface area contributed by atoms with Crippen molar-refractivity contribution in [1.29, 1.82) is 0 Å². The molecule has 0 fully saturated rings. The van der Waals surface area contributed by atoms with Crippen molar-refractivity contribution in [2.75, 3.05) is 0 Å². The van der Waals surface area contributed by atoms with Gasteiger partial charge in [-0.25, -0.2) is 14.2 Å². The van der Waals surface area contributed by atoms with E-state index in [-0.39, 0.29) is 17.9 Å². The number of carbonyl (C=O) groups is 1. The minimum atomic E-state index is -0.777. The van der Waals surface area contributed by atoms with Crippen LogP contribution in [-0.4, -0.2) is 12.1 Å². The second-order valence-corrected chi connectivity index (χ2v) is 5.23. The van der Waals surface area contributed by atoms with E-state index in [9.17, 15) is 13.6 Å². The van der Waals surface area contributed by atoms with Gasteiger partial charge in [0.25, 0.3) is 0 Å². The zero-order valence-electron chi connectivity index (χ0n) is 13.5. The number of rotatable bonds is 6. The van der Waals surface area contributed by atoms with Crippen molar-refractivity contribution in [2.45, 2.75) is 6.61 Å². The van der Waals surface area contributed by atoms with E-state index in [1.54, 1.807) is 18.2 Å². The van der Waals surface area contributed by atoms with Gasteiger partial charge in [0.2, 0.25) is 0 Å². The average Bonchev–Trinajstić information content (AvgIpc) is 3.12. The Morgan fingerprint density at radius 2 is 1.92 bits per heavy atom. The maximum absolute atomic E-state index is 13.4. The molecule has 1 aromatic heterocycles. The van der Waals surface area contributed by atoms with Crippen molar-refractivity contribution >= 4 is 12.1 Å². The normalized spacial score (nSPS) is 10.8. The van der Waals surface area contributed by atoms with Gasteiger partial charge in [0.05, 0.1) is 6.21 Å². The van der Waals surface area contributed by atoms with Gasteiger partial charge in [-0.05, 0) is 36.4 Å². The van der Waals surface area contributed by atoms with E-state index in [1.807, 2.05) is 18.2 Å². The molecule has 0 saturated carbocycles. The van der Waals surface area contributed by atoms with Crippen LogP contribution in [0.5, 0.6) is 5.75 Å². The van der Waals surface area contributed by atoms with Gasteiger partial charge in [-0.15, -0.1) is 0 Å². The molecule has 7 heteroatoms. The molecule has 0 aliphatic heterocycles. The molecule has 2 aromatic carbocycles. The van der Waals surface area contributed by atoms with Crippen LogP contribution in [0.25, 0.3) is 0 Å². The van der Waals surface area contributed by atoms with Gasteiger partial charge in [-0.1, -0.05) is 18.2 Å². The Morgan fingerprint density at radius 1 is 1.12 bits per heavy atom. The number of hydrogen-bond donors (Lipinski definition) is 1. The second-order valence-electron chi connectivity index (χ2n) is 5.23. The molecule has 0 atom stereocenters. The molecular formula is C19H14F2N2O3. The highest BCUT2D eigenvalue weighted by Crippen LogP contribution is 2.14. The lowest BCUT2D eigenvalue weighted by molar-refractivity contribution is 0.0923. The summed E-state index contributed by atoms with van der Waals surface area (Å²) >= 11 is 0. The molecule has 3 aromatic rings. The second kappa shape index (κ2) is 8.06. The maximum atomic E-state index is 13.4. The number of ether oxygens (including phenoxy) is 1. The molecule has 1 N–H and O–H groups in total. The summed E-state index contributed by atoms with van der Waals surface area (Å²) in [6.45, 7) is 0.168. The largest absolute Gasteiger partial charge is 0.486 e. The first kappa shape index (κ1) is 17.3. The number of para-hydroxylation sites is 1. The van der Waals surface area contributed by atoms with Crippen LogP contribution in [0.1, 0.15) is 21.9 Å². The third-order valence-corrected chi connectivity index (χ3v) is 3.34. The molecule has 1 amide bonds. The summed E-state index contributed by atoms with van der Waals surface area (Å²) in [7, 11) is 0. The van der Waals surface area contributed by atoms with Crippen LogP contribution in [0.2, 0.25) is 0 Å². The Kier molecular flexibility index (Phi) is 5.38. The summed E-state index contributed by atoms with van der Waals surface area (Å²) in [4.78, 5) is 11.9. The molecule has 0 unspecified atom stereocenters. The summed E-state index contributed by atoms with van der Waals surface area (Å²) in [5.41, 5.74) is 2.26. The van der Waals surface area contributed by atoms with Crippen molar-refractivity contribution in [1.82, 2.24) is 5.43 Å². The number of furan rings is 1. The number of halogens is 2. The van der Waals surface area contributed by atoms with Crippen LogP contribution in [0.3, 0.4) is 0 Å². The topological polar surface area (TPSA) is 63.8 Å². The molecule has 132 valence electrons. The fraction of sp³-hybridized carbons (Fsp3) is 0.0526. The zero-order chi connectivity index (χ0) is 18.4. The minimum absolute atomic E-state index is 0.0355. The number of benzene rings is 2. The van der Waals surface area contributed by atoms with Gasteiger partial charge in [0.1, 0.15) is 29.8 Å². The Labute approximate surface area is 147 Å². The fourth-order valence-electron chi connectivity index (χ4n) is 2.07. The van der Waals surface area contributed by atoms with Crippen LogP contribution in [0, 0.1) is 11.6 Å². The fourth-order valence-corrected chi connectivity index (χ4v) is 2.07. The van der Waals surface area contributed by atoms with E-state index < -0.39 is 17.5 Å². The smallest absolute Gasteiger partial charge is 0.307 e. The van der Waals surface area contributed by atoms with Gasteiger partial charge in [-0.3, -0.25) is 4.79 Å². The Hall–Kier alpha value is -3.48. The first-order chi connectivity index (χ1) is 12.6. The van der Waals surface area contributed by atoms with Gasteiger partial charge in [-0.2, -0.15) is 5.10 Å². The van der Waals surface area contributed by atoms with E-state index in [4.69, 9.17) is 9.15 Å². The molecule has 0 spiro atoms. The minimum Gasteiger partial charge on any atom is -0.486 e. The Morgan fingerprint density at radius 3 is 2.69 bits per heavy atom. The third-order valence-electron chi connectivity index (χ3n) is 3.34. The summed E-state index contributed by atoms with van der Waals surface area (Å²) in [6, 6.07) is 15.3. The summed E-state index contributed by atoms with van der Waals surface area (Å²) in [6.07, 6.45) is 1.08.